The van der Waals surface area contributed by atoms with Crippen LogP contribution in [0.5, 0.6) is 0 Å². The topological polar surface area (TPSA) is 0 Å². The van der Waals surface area contributed by atoms with Crippen LogP contribution in [0.3, 0.4) is 0 Å². The van der Waals surface area contributed by atoms with Crippen LogP contribution in [-0.2, 0) is 6.42 Å². The van der Waals surface area contributed by atoms with E-state index in [1.165, 1.54) is 0 Å². The van der Waals surface area contributed by atoms with Gasteiger partial charge in [-0.05, 0) is 18.9 Å². The first-order valence-electron chi connectivity index (χ1n) is 5.81. The van der Waals surface area contributed by atoms with Gasteiger partial charge >= 0.3 is 0 Å². The van der Waals surface area contributed by atoms with Crippen LogP contribution in [0.2, 0.25) is 0 Å². The molecule has 2 aromatic carbocycles. The van der Waals surface area contributed by atoms with Crippen LogP contribution < -0.4 is 0 Å². The molecule has 0 amide bonds. The number of hydrogen-bond acceptors (Lipinski definition) is 0. The third-order valence-corrected chi connectivity index (χ3v) is 3.64. The monoisotopic (exact) mass is 328 g/mol. The summed E-state index contributed by atoms with van der Waals surface area (Å²) in [6, 6.07) is 9.08. The molecule has 1 atom stereocenters. The van der Waals surface area contributed by atoms with Gasteiger partial charge in [-0.25, -0.2) is 13.2 Å². The van der Waals surface area contributed by atoms with Crippen LogP contribution in [0.4, 0.5) is 13.2 Å². The molecule has 0 heterocycles. The Kier molecular flexibility index (Phi) is 4.30. The molecule has 0 radical (unpaired) electrons. The smallest absolute Gasteiger partial charge is 0.133 e. The first kappa shape index (κ1) is 14.1. The highest BCUT2D eigenvalue weighted by molar-refractivity contribution is 9.09. The van der Waals surface area contributed by atoms with Crippen LogP contribution in [0.25, 0.3) is 0 Å². The molecule has 0 N–H and O–H groups in total. The van der Waals surface area contributed by atoms with Gasteiger partial charge in [0.05, 0.1) is 0 Å². The lowest BCUT2D eigenvalue weighted by molar-refractivity contribution is 0.522. The third-order valence-electron chi connectivity index (χ3n) is 2.85. The summed E-state index contributed by atoms with van der Waals surface area (Å²) in [5.41, 5.74) is 1.91. The number of rotatable bonds is 3. The normalized spacial score (nSPS) is 12.5. The van der Waals surface area contributed by atoms with Crippen molar-refractivity contribution in [1.29, 1.82) is 0 Å². The molecule has 19 heavy (non-hydrogen) atoms. The van der Waals surface area contributed by atoms with E-state index in [2.05, 4.69) is 15.9 Å². The molecule has 0 saturated carbocycles. The number of halogens is 4. The molecule has 4 heteroatoms. The fourth-order valence-corrected chi connectivity index (χ4v) is 2.81. The zero-order chi connectivity index (χ0) is 14.0. The number of aryl methyl sites for hydroxylation is 1. The molecule has 1 unspecified atom stereocenters. The Morgan fingerprint density at radius 1 is 1.05 bits per heavy atom. The summed E-state index contributed by atoms with van der Waals surface area (Å²) in [5, 5.41) is 0. The molecule has 0 nitrogen and oxygen atoms in total. The van der Waals surface area contributed by atoms with Gasteiger partial charge in [-0.3, -0.25) is 0 Å². The van der Waals surface area contributed by atoms with Crippen molar-refractivity contribution >= 4 is 15.9 Å². The van der Waals surface area contributed by atoms with Crippen molar-refractivity contribution in [3.05, 3.63) is 70.5 Å². The van der Waals surface area contributed by atoms with E-state index in [1.807, 2.05) is 31.2 Å². The molecule has 100 valence electrons. The summed E-state index contributed by atoms with van der Waals surface area (Å²) in [6.45, 7) is 1.95. The van der Waals surface area contributed by atoms with E-state index in [0.29, 0.717) is 18.6 Å². The van der Waals surface area contributed by atoms with Gasteiger partial charge in [0, 0.05) is 22.5 Å². The van der Waals surface area contributed by atoms with Crippen LogP contribution >= 0.6 is 15.9 Å². The summed E-state index contributed by atoms with van der Waals surface area (Å²) in [6.07, 6.45) is 0.432. The van der Waals surface area contributed by atoms with Gasteiger partial charge in [0.15, 0.2) is 0 Å². The Morgan fingerprint density at radius 2 is 1.68 bits per heavy atom. The number of benzene rings is 2. The standard InChI is InChI=1S/C15H12BrF3/c1-9-3-2-4-10(5-9)6-12(16)15-13(18)7-11(17)8-14(15)19/h2-5,7-8,12H,6H2,1H3. The highest BCUT2D eigenvalue weighted by Gasteiger charge is 2.19. The Balaban J connectivity index is 2.28. The summed E-state index contributed by atoms with van der Waals surface area (Å²) in [7, 11) is 0. The van der Waals surface area contributed by atoms with E-state index in [4.69, 9.17) is 0 Å². The van der Waals surface area contributed by atoms with Crippen molar-refractivity contribution in [2.75, 3.05) is 0 Å². The zero-order valence-corrected chi connectivity index (χ0v) is 11.8. The van der Waals surface area contributed by atoms with Crippen molar-refractivity contribution in [3.63, 3.8) is 0 Å². The second kappa shape index (κ2) is 5.78. The molecule has 0 aliphatic heterocycles. The molecular weight excluding hydrogens is 317 g/mol. The van der Waals surface area contributed by atoms with Crippen LogP contribution in [0.1, 0.15) is 21.5 Å². The number of hydrogen-bond donors (Lipinski definition) is 0. The SMILES string of the molecule is Cc1cccc(CC(Br)c2c(F)cc(F)cc2F)c1. The van der Waals surface area contributed by atoms with Gasteiger partial charge < -0.3 is 0 Å². The van der Waals surface area contributed by atoms with Crippen molar-refractivity contribution < 1.29 is 13.2 Å². The van der Waals surface area contributed by atoms with E-state index < -0.39 is 22.3 Å². The number of alkyl halides is 1. The average Bonchev–Trinajstić information content (AvgIpc) is 2.27. The lowest BCUT2D eigenvalue weighted by Gasteiger charge is -2.13. The first-order chi connectivity index (χ1) is 8.97. The molecule has 0 bridgehead atoms. The van der Waals surface area contributed by atoms with Gasteiger partial charge in [0.2, 0.25) is 0 Å². The second-order valence-electron chi connectivity index (χ2n) is 4.44. The molecule has 0 aliphatic rings. The van der Waals surface area contributed by atoms with Gasteiger partial charge in [-0.1, -0.05) is 45.8 Å². The van der Waals surface area contributed by atoms with Gasteiger partial charge in [0.25, 0.3) is 0 Å². The predicted octanol–water partition coefficient (Wildman–Crippen LogP) is 5.09. The zero-order valence-electron chi connectivity index (χ0n) is 10.3. The minimum Gasteiger partial charge on any atom is -0.207 e. The minimum atomic E-state index is -0.908. The molecular formula is C15H12BrF3. The van der Waals surface area contributed by atoms with Gasteiger partial charge in [-0.2, -0.15) is 0 Å². The third kappa shape index (κ3) is 3.38. The summed E-state index contributed by atoms with van der Waals surface area (Å²) in [5.74, 6) is -2.65. The Morgan fingerprint density at radius 3 is 2.26 bits per heavy atom. The van der Waals surface area contributed by atoms with Crippen molar-refractivity contribution in [2.24, 2.45) is 0 Å². The second-order valence-corrected chi connectivity index (χ2v) is 5.55. The minimum absolute atomic E-state index is 0.136. The quantitative estimate of drug-likeness (QED) is 0.688. The highest BCUT2D eigenvalue weighted by Crippen LogP contribution is 2.31. The van der Waals surface area contributed by atoms with E-state index in [9.17, 15) is 13.2 Å². The fraction of sp³-hybridized carbons (Fsp3) is 0.200. The summed E-state index contributed by atoms with van der Waals surface area (Å²) in [4.78, 5) is -0.533. The van der Waals surface area contributed by atoms with Crippen LogP contribution in [-0.4, -0.2) is 0 Å². The lowest BCUT2D eigenvalue weighted by atomic mass is 10.0. The van der Waals surface area contributed by atoms with Gasteiger partial charge in [-0.15, -0.1) is 0 Å². The van der Waals surface area contributed by atoms with Crippen LogP contribution in [0, 0.1) is 24.4 Å². The largest absolute Gasteiger partial charge is 0.207 e. The maximum Gasteiger partial charge on any atom is 0.133 e. The summed E-state index contributed by atoms with van der Waals surface area (Å²) >= 11 is 3.27. The summed E-state index contributed by atoms with van der Waals surface area (Å²) < 4.78 is 40.1. The molecule has 0 aromatic heterocycles. The Hall–Kier alpha value is -1.29. The highest BCUT2D eigenvalue weighted by atomic mass is 79.9. The lowest BCUT2D eigenvalue weighted by Crippen LogP contribution is -2.03. The van der Waals surface area contributed by atoms with E-state index in [-0.39, 0.29) is 5.56 Å². The maximum atomic E-state index is 13.6. The molecule has 0 spiro atoms. The Labute approximate surface area is 118 Å². The fourth-order valence-electron chi connectivity index (χ4n) is 2.00. The van der Waals surface area contributed by atoms with Crippen LogP contribution in [0.15, 0.2) is 36.4 Å². The van der Waals surface area contributed by atoms with Crippen molar-refractivity contribution in [3.8, 4) is 0 Å². The molecule has 2 aromatic rings. The van der Waals surface area contributed by atoms with Gasteiger partial charge in [0.1, 0.15) is 17.5 Å². The first-order valence-corrected chi connectivity index (χ1v) is 6.73. The maximum absolute atomic E-state index is 13.6. The van der Waals surface area contributed by atoms with E-state index in [0.717, 1.165) is 11.1 Å². The molecule has 0 fully saturated rings. The molecule has 2 rings (SSSR count). The average molecular weight is 329 g/mol. The van der Waals surface area contributed by atoms with E-state index in [1.54, 1.807) is 0 Å². The molecule has 0 saturated heterocycles. The Bertz CT molecular complexity index is 573. The molecule has 0 aliphatic carbocycles. The van der Waals surface area contributed by atoms with Crippen molar-refractivity contribution in [1.82, 2.24) is 0 Å². The predicted molar refractivity (Wildman–Crippen MR) is 72.9 cm³/mol. The van der Waals surface area contributed by atoms with E-state index >= 15 is 0 Å². The van der Waals surface area contributed by atoms with Crippen molar-refractivity contribution in [2.45, 2.75) is 18.2 Å².